The minimum atomic E-state index is -5.46. The van der Waals surface area contributed by atoms with Gasteiger partial charge in [0, 0.05) is 11.1 Å². The Morgan fingerprint density at radius 3 is 2.22 bits per heavy atom. The fourth-order valence-corrected chi connectivity index (χ4v) is 4.17. The predicted molar refractivity (Wildman–Crippen MR) is 83.4 cm³/mol. The number of aryl methyl sites for hydroxylation is 1. The topological polar surface area (TPSA) is 79.3 Å². The summed E-state index contributed by atoms with van der Waals surface area (Å²) in [7, 11) is -4.50. The molecule has 2 N–H and O–H groups in total. The smallest absolute Gasteiger partial charge is 0.375 e. The number of aliphatic hydroxyl groups is 1. The first-order valence-electron chi connectivity index (χ1n) is 7.05. The zero-order chi connectivity index (χ0) is 20.7. The quantitative estimate of drug-likeness (QED) is 0.709. The maximum atomic E-state index is 13.4. The fraction of sp³-hybridized carbons (Fsp3) is 0.357. The van der Waals surface area contributed by atoms with E-state index in [0.717, 1.165) is 0 Å². The fourth-order valence-electron chi connectivity index (χ4n) is 2.04. The third-order valence-electron chi connectivity index (χ3n) is 3.48. The zero-order valence-corrected chi connectivity index (χ0v) is 15.0. The van der Waals surface area contributed by atoms with Gasteiger partial charge in [-0.15, -0.1) is 11.3 Å². The molecule has 13 heteroatoms. The van der Waals surface area contributed by atoms with Crippen molar-refractivity contribution in [3.8, 4) is 0 Å². The number of hydrogen-bond donors (Lipinski definition) is 2. The average Bonchev–Trinajstić information content (AvgIpc) is 2.98. The van der Waals surface area contributed by atoms with Crippen molar-refractivity contribution in [2.45, 2.75) is 29.2 Å². The second-order valence-corrected chi connectivity index (χ2v) is 8.31. The molecule has 1 heterocycles. The summed E-state index contributed by atoms with van der Waals surface area (Å²) < 4.78 is 104. The summed E-state index contributed by atoms with van der Waals surface area (Å²) in [5, 5.41) is 11.4. The molecule has 0 aliphatic rings. The molecule has 27 heavy (non-hydrogen) atoms. The molecule has 1 aromatic heterocycles. The van der Waals surface area contributed by atoms with E-state index in [1.165, 1.54) is 12.3 Å². The van der Waals surface area contributed by atoms with Gasteiger partial charge in [-0.05, 0) is 24.6 Å². The second kappa shape index (κ2) is 7.04. The van der Waals surface area contributed by atoms with Gasteiger partial charge in [0.15, 0.2) is 5.60 Å². The first-order valence-corrected chi connectivity index (χ1v) is 9.42. The zero-order valence-electron chi connectivity index (χ0n) is 13.4. The van der Waals surface area contributed by atoms with Crippen molar-refractivity contribution in [3.05, 3.63) is 46.5 Å². The number of nitrogens with zero attached hydrogens (tertiary/aromatic N) is 1. The summed E-state index contributed by atoms with van der Waals surface area (Å²) in [5.74, 6) is 0. The van der Waals surface area contributed by atoms with Crippen molar-refractivity contribution in [2.75, 3.05) is 6.54 Å². The van der Waals surface area contributed by atoms with Crippen LogP contribution in [0.5, 0.6) is 0 Å². The molecular weight excluding hydrogens is 422 g/mol. The first-order chi connectivity index (χ1) is 12.2. The van der Waals surface area contributed by atoms with E-state index in [-0.39, 0.29) is 6.07 Å². The average molecular weight is 434 g/mol. The Balaban J connectivity index is 2.41. The summed E-state index contributed by atoms with van der Waals surface area (Å²) in [6.07, 6.45) is -10.4. The molecule has 0 fully saturated rings. The summed E-state index contributed by atoms with van der Waals surface area (Å²) in [4.78, 5) is 3.62. The van der Waals surface area contributed by atoms with Gasteiger partial charge in [0.25, 0.3) is 10.0 Å². The lowest BCUT2D eigenvalue weighted by Gasteiger charge is -2.31. The molecule has 0 spiro atoms. The SMILES string of the molecule is Cc1csc(S(=O)(=O)NCC(O)(c2cccc(C(F)(F)F)c2)C(F)(F)F)n1. The van der Waals surface area contributed by atoms with E-state index in [2.05, 4.69) is 4.98 Å². The molecular formula is C14H12F6N2O3S2. The molecule has 2 rings (SSSR count). The van der Waals surface area contributed by atoms with E-state index in [9.17, 15) is 39.9 Å². The molecule has 2 aromatic rings. The number of benzene rings is 1. The van der Waals surface area contributed by atoms with Gasteiger partial charge in [-0.1, -0.05) is 12.1 Å². The summed E-state index contributed by atoms with van der Waals surface area (Å²) in [5.41, 5.74) is -6.14. The first kappa shape index (κ1) is 21.6. The lowest BCUT2D eigenvalue weighted by Crippen LogP contribution is -2.51. The normalized spacial score (nSPS) is 15.6. The van der Waals surface area contributed by atoms with Crippen molar-refractivity contribution in [2.24, 2.45) is 0 Å². The van der Waals surface area contributed by atoms with E-state index in [1.807, 2.05) is 0 Å². The van der Waals surface area contributed by atoms with Gasteiger partial charge in [-0.2, -0.15) is 26.3 Å². The monoisotopic (exact) mass is 434 g/mol. The summed E-state index contributed by atoms with van der Waals surface area (Å²) >= 11 is 0.643. The Bertz CT molecular complexity index is 923. The Morgan fingerprint density at radius 1 is 1.15 bits per heavy atom. The van der Waals surface area contributed by atoms with Crippen LogP contribution in [0.3, 0.4) is 0 Å². The molecule has 0 saturated heterocycles. The third kappa shape index (κ3) is 4.59. The van der Waals surface area contributed by atoms with Crippen LogP contribution < -0.4 is 4.72 Å². The van der Waals surface area contributed by atoms with E-state index in [4.69, 9.17) is 0 Å². The van der Waals surface area contributed by atoms with Gasteiger partial charge < -0.3 is 5.11 Å². The number of halogens is 6. The van der Waals surface area contributed by atoms with Crippen LogP contribution in [0.25, 0.3) is 0 Å². The van der Waals surface area contributed by atoms with Gasteiger partial charge in [0.2, 0.25) is 4.34 Å². The van der Waals surface area contributed by atoms with Crippen LogP contribution in [0.4, 0.5) is 26.3 Å². The molecule has 0 aliphatic heterocycles. The summed E-state index contributed by atoms with van der Waals surface area (Å²) in [6.45, 7) is -0.164. The molecule has 1 atom stereocenters. The molecule has 1 aromatic carbocycles. The van der Waals surface area contributed by atoms with Crippen molar-refractivity contribution in [3.63, 3.8) is 0 Å². The van der Waals surface area contributed by atoms with Crippen LogP contribution in [-0.2, 0) is 21.8 Å². The molecule has 0 radical (unpaired) electrons. The Labute approximate surface area is 153 Å². The number of rotatable bonds is 5. The highest BCUT2D eigenvalue weighted by Gasteiger charge is 2.55. The van der Waals surface area contributed by atoms with Crippen LogP contribution in [0, 0.1) is 6.92 Å². The van der Waals surface area contributed by atoms with Crippen molar-refractivity contribution >= 4 is 21.4 Å². The van der Waals surface area contributed by atoms with E-state index < -0.39 is 50.0 Å². The van der Waals surface area contributed by atoms with Gasteiger partial charge in [-0.3, -0.25) is 0 Å². The van der Waals surface area contributed by atoms with E-state index >= 15 is 0 Å². The minimum absolute atomic E-state index is 0.120. The van der Waals surface area contributed by atoms with Crippen LogP contribution in [0.15, 0.2) is 34.0 Å². The summed E-state index contributed by atoms with van der Waals surface area (Å²) in [6, 6.07) is 1.97. The molecule has 0 saturated carbocycles. The molecule has 150 valence electrons. The molecule has 0 aliphatic carbocycles. The van der Waals surface area contributed by atoms with Gasteiger partial charge in [0.1, 0.15) is 0 Å². The van der Waals surface area contributed by atoms with Crippen LogP contribution in [0.1, 0.15) is 16.8 Å². The minimum Gasteiger partial charge on any atom is -0.375 e. The Morgan fingerprint density at radius 2 is 1.74 bits per heavy atom. The van der Waals surface area contributed by atoms with Crippen molar-refractivity contribution in [1.29, 1.82) is 0 Å². The third-order valence-corrected chi connectivity index (χ3v) is 6.26. The molecule has 0 amide bonds. The highest BCUT2D eigenvalue weighted by molar-refractivity contribution is 7.91. The molecule has 1 unspecified atom stereocenters. The van der Waals surface area contributed by atoms with E-state index in [1.54, 1.807) is 4.72 Å². The highest BCUT2D eigenvalue weighted by atomic mass is 32.2. The number of alkyl halides is 6. The number of sulfonamides is 1. The molecule has 5 nitrogen and oxygen atoms in total. The maximum Gasteiger partial charge on any atom is 0.422 e. The molecule has 0 bridgehead atoms. The van der Waals surface area contributed by atoms with Crippen LogP contribution in [0.2, 0.25) is 0 Å². The second-order valence-electron chi connectivity index (χ2n) is 5.52. The standard InChI is InChI=1S/C14H12F6N2O3S2/c1-8-6-26-11(22-8)27(24,25)21-7-12(23,14(18,19)20)9-3-2-4-10(5-9)13(15,16)17/h2-6,21,23H,7H2,1H3. The highest BCUT2D eigenvalue weighted by Crippen LogP contribution is 2.40. The van der Waals surface area contributed by atoms with Crippen LogP contribution >= 0.6 is 11.3 Å². The van der Waals surface area contributed by atoms with Gasteiger partial charge >= 0.3 is 12.4 Å². The lowest BCUT2D eigenvalue weighted by molar-refractivity contribution is -0.263. The van der Waals surface area contributed by atoms with Crippen molar-refractivity contribution in [1.82, 2.24) is 9.71 Å². The predicted octanol–water partition coefficient (Wildman–Crippen LogP) is 3.20. The van der Waals surface area contributed by atoms with Crippen LogP contribution in [-0.4, -0.2) is 31.2 Å². The number of hydrogen-bond acceptors (Lipinski definition) is 5. The van der Waals surface area contributed by atoms with Gasteiger partial charge in [0.05, 0.1) is 12.1 Å². The lowest BCUT2D eigenvalue weighted by atomic mass is 9.92. The van der Waals surface area contributed by atoms with E-state index in [0.29, 0.717) is 35.2 Å². The number of nitrogens with one attached hydrogen (secondary N) is 1. The Kier molecular flexibility index (Phi) is 5.63. The van der Waals surface area contributed by atoms with Gasteiger partial charge in [-0.25, -0.2) is 18.1 Å². The maximum absolute atomic E-state index is 13.4. The largest absolute Gasteiger partial charge is 0.422 e. The number of thiazole rings is 1. The Hall–Kier alpha value is -1.70. The number of aromatic nitrogens is 1. The van der Waals surface area contributed by atoms with Crippen molar-refractivity contribution < 1.29 is 39.9 Å².